The minimum atomic E-state index is -2.54. The topological polar surface area (TPSA) is 69.8 Å². The molecule has 0 radical (unpaired) electrons. The number of carbonyl (C=O) groups excluding carboxylic acids is 1. The lowest BCUT2D eigenvalue weighted by atomic mass is 10.1. The number of para-hydroxylation sites is 1. The lowest BCUT2D eigenvalue weighted by Gasteiger charge is -2.13. The highest BCUT2D eigenvalue weighted by Gasteiger charge is 2.22. The van der Waals surface area contributed by atoms with E-state index in [-0.39, 0.29) is 0 Å². The van der Waals surface area contributed by atoms with E-state index in [2.05, 4.69) is 20.8 Å². The first-order valence-electron chi connectivity index (χ1n) is 6.77. The molecule has 0 saturated heterocycles. The van der Waals surface area contributed by atoms with Crippen molar-refractivity contribution in [2.45, 2.75) is 23.6 Å². The number of hydrogen-bond donors (Lipinski definition) is 3. The monoisotopic (exact) mass is 324 g/mol. The summed E-state index contributed by atoms with van der Waals surface area (Å²) in [6.07, 6.45) is 0.785. The molecule has 1 aromatic carbocycles. The number of thioether (sulfide) groups is 1. The van der Waals surface area contributed by atoms with Crippen molar-refractivity contribution in [1.82, 2.24) is 15.5 Å². The fraction of sp³-hybridized carbons (Fsp3) is 0.286. The van der Waals surface area contributed by atoms with Gasteiger partial charge in [-0.15, -0.1) is 0 Å². The third-order valence-electron chi connectivity index (χ3n) is 3.37. The van der Waals surface area contributed by atoms with Gasteiger partial charge in [-0.1, -0.05) is 23.9 Å². The van der Waals surface area contributed by atoms with E-state index in [1.807, 2.05) is 0 Å². The molecule has 0 aliphatic carbocycles. The van der Waals surface area contributed by atoms with Gasteiger partial charge < -0.3 is 10.6 Å². The van der Waals surface area contributed by atoms with E-state index < -0.39 is 11.7 Å². The number of nitrogens with zero attached hydrogens (tertiary/aromatic N) is 1. The molecule has 3 N–H and O–H groups in total. The second-order valence-corrected chi connectivity index (χ2v) is 5.82. The van der Waals surface area contributed by atoms with Crippen LogP contribution in [0.15, 0.2) is 29.2 Å². The van der Waals surface area contributed by atoms with Crippen molar-refractivity contribution >= 4 is 23.4 Å². The number of H-pyrrole nitrogens is 1. The van der Waals surface area contributed by atoms with Crippen molar-refractivity contribution in [3.63, 3.8) is 0 Å². The average molecular weight is 324 g/mol. The minimum Gasteiger partial charge on any atom is -0.320 e. The Morgan fingerprint density at radius 2 is 2.18 bits per heavy atom. The molecule has 1 amide bonds. The largest absolute Gasteiger partial charge is 0.320 e. The first kappa shape index (κ1) is 15.0. The molecule has 1 aliphatic rings. The molecule has 0 atom stereocenters. The highest BCUT2D eigenvalue weighted by molar-refractivity contribution is 7.99. The number of anilines is 1. The van der Waals surface area contributed by atoms with Crippen LogP contribution < -0.4 is 10.6 Å². The molecule has 0 spiro atoms. The molecular formula is C14H14F2N4OS. The number of amides is 1. The Labute approximate surface area is 129 Å². The molecule has 0 saturated carbocycles. The molecule has 2 heterocycles. The third-order valence-corrected chi connectivity index (χ3v) is 4.16. The van der Waals surface area contributed by atoms with E-state index >= 15 is 0 Å². The fourth-order valence-corrected chi connectivity index (χ4v) is 2.96. The van der Waals surface area contributed by atoms with Crippen LogP contribution in [0.3, 0.4) is 0 Å². The summed E-state index contributed by atoms with van der Waals surface area (Å²) >= 11 is 0.404. The van der Waals surface area contributed by atoms with E-state index in [1.54, 1.807) is 24.3 Å². The first-order chi connectivity index (χ1) is 10.6. The summed E-state index contributed by atoms with van der Waals surface area (Å²) in [7, 11) is 0. The molecular weight excluding hydrogens is 310 g/mol. The van der Waals surface area contributed by atoms with Crippen molar-refractivity contribution < 1.29 is 13.6 Å². The predicted molar refractivity (Wildman–Crippen MR) is 80.3 cm³/mol. The molecule has 1 aliphatic heterocycles. The zero-order valence-corrected chi connectivity index (χ0v) is 12.3. The van der Waals surface area contributed by atoms with E-state index in [4.69, 9.17) is 0 Å². The molecule has 1 aromatic heterocycles. The molecule has 0 fully saturated rings. The van der Waals surface area contributed by atoms with Gasteiger partial charge in [0.05, 0.1) is 5.69 Å². The Kier molecular flexibility index (Phi) is 4.39. The minimum absolute atomic E-state index is 0.305. The normalized spacial score (nSPS) is 14.0. The van der Waals surface area contributed by atoms with Crippen molar-refractivity contribution in [3.8, 4) is 0 Å². The molecule has 3 rings (SSSR count). The summed E-state index contributed by atoms with van der Waals surface area (Å²) in [5.41, 5.74) is 2.44. The molecule has 116 valence electrons. The molecule has 0 unspecified atom stereocenters. The number of aromatic nitrogens is 2. The van der Waals surface area contributed by atoms with E-state index in [0.29, 0.717) is 34.6 Å². The number of fused-ring (bicyclic) bond motifs is 1. The maximum atomic E-state index is 12.6. The lowest BCUT2D eigenvalue weighted by molar-refractivity contribution is 0.102. The molecule has 5 nitrogen and oxygen atoms in total. The standard InChI is InChI=1S/C14H14F2N4OS/c15-14(16)22-11-4-2-1-3-10(11)18-13(21)12-8-7-17-6-5-9(8)19-20-12/h1-4,14,17H,5-7H2,(H,18,21)(H,19,20). The second-order valence-electron chi connectivity index (χ2n) is 4.78. The van der Waals surface area contributed by atoms with Crippen molar-refractivity contribution in [3.05, 3.63) is 41.2 Å². The van der Waals surface area contributed by atoms with Gasteiger partial charge in [-0.2, -0.15) is 13.9 Å². The summed E-state index contributed by atoms with van der Waals surface area (Å²) in [6.45, 7) is 1.41. The van der Waals surface area contributed by atoms with Gasteiger partial charge >= 0.3 is 0 Å². The Hall–Kier alpha value is -1.93. The summed E-state index contributed by atoms with van der Waals surface area (Å²) in [5, 5.41) is 12.8. The van der Waals surface area contributed by atoms with Crippen LogP contribution in [-0.2, 0) is 13.0 Å². The number of benzene rings is 1. The highest BCUT2D eigenvalue weighted by atomic mass is 32.2. The number of rotatable bonds is 4. The summed E-state index contributed by atoms with van der Waals surface area (Å²) in [5.74, 6) is -2.94. The van der Waals surface area contributed by atoms with Gasteiger partial charge in [0.15, 0.2) is 5.69 Å². The molecule has 22 heavy (non-hydrogen) atoms. The summed E-state index contributed by atoms with van der Waals surface area (Å²) in [6, 6.07) is 6.49. The van der Waals surface area contributed by atoms with Crippen molar-refractivity contribution in [2.24, 2.45) is 0 Å². The maximum absolute atomic E-state index is 12.6. The SMILES string of the molecule is O=C(Nc1ccccc1SC(F)F)c1n[nH]c2c1CNCC2. The number of halogens is 2. The number of nitrogens with one attached hydrogen (secondary N) is 3. The van der Waals surface area contributed by atoms with Crippen LogP contribution >= 0.6 is 11.8 Å². The van der Waals surface area contributed by atoms with Gasteiger partial charge in [-0.05, 0) is 12.1 Å². The van der Waals surface area contributed by atoms with Crippen LogP contribution in [0.5, 0.6) is 0 Å². The fourth-order valence-electron chi connectivity index (χ4n) is 2.36. The first-order valence-corrected chi connectivity index (χ1v) is 7.65. The molecule has 0 bridgehead atoms. The van der Waals surface area contributed by atoms with Gasteiger partial charge in [0.25, 0.3) is 11.7 Å². The van der Waals surface area contributed by atoms with Crippen molar-refractivity contribution in [2.75, 3.05) is 11.9 Å². The van der Waals surface area contributed by atoms with E-state index in [9.17, 15) is 13.6 Å². The van der Waals surface area contributed by atoms with Gasteiger partial charge in [-0.25, -0.2) is 0 Å². The summed E-state index contributed by atoms with van der Waals surface area (Å²) in [4.78, 5) is 12.7. The number of alkyl halides is 2. The lowest BCUT2D eigenvalue weighted by Crippen LogP contribution is -2.25. The molecule has 2 aromatic rings. The van der Waals surface area contributed by atoms with Crippen LogP contribution in [0.4, 0.5) is 14.5 Å². The van der Waals surface area contributed by atoms with Gasteiger partial charge in [-0.3, -0.25) is 9.89 Å². The number of aromatic amines is 1. The Balaban J connectivity index is 1.81. The van der Waals surface area contributed by atoms with Gasteiger partial charge in [0, 0.05) is 35.7 Å². The smallest absolute Gasteiger partial charge is 0.288 e. The molecule has 8 heteroatoms. The highest BCUT2D eigenvalue weighted by Crippen LogP contribution is 2.32. The number of hydrogen-bond acceptors (Lipinski definition) is 4. The van der Waals surface area contributed by atoms with Gasteiger partial charge in [0.2, 0.25) is 0 Å². The second kappa shape index (κ2) is 6.45. The third kappa shape index (κ3) is 3.12. The van der Waals surface area contributed by atoms with E-state index in [1.165, 1.54) is 0 Å². The Morgan fingerprint density at radius 3 is 3.00 bits per heavy atom. The zero-order valence-electron chi connectivity index (χ0n) is 11.5. The quantitative estimate of drug-likeness (QED) is 0.756. The predicted octanol–water partition coefficient (Wildman–Crippen LogP) is 2.62. The number of carbonyl (C=O) groups is 1. The Morgan fingerprint density at radius 1 is 1.36 bits per heavy atom. The summed E-state index contributed by atoms with van der Waals surface area (Å²) < 4.78 is 25.1. The average Bonchev–Trinajstić information content (AvgIpc) is 2.93. The van der Waals surface area contributed by atoms with Crippen LogP contribution in [0, 0.1) is 0 Å². The van der Waals surface area contributed by atoms with E-state index in [0.717, 1.165) is 24.2 Å². The van der Waals surface area contributed by atoms with Crippen LogP contribution in [0.25, 0.3) is 0 Å². The van der Waals surface area contributed by atoms with Gasteiger partial charge in [0.1, 0.15) is 0 Å². The van der Waals surface area contributed by atoms with Crippen LogP contribution in [0.2, 0.25) is 0 Å². The Bertz CT molecular complexity index is 689. The van der Waals surface area contributed by atoms with Crippen molar-refractivity contribution in [1.29, 1.82) is 0 Å². The van der Waals surface area contributed by atoms with Crippen LogP contribution in [0.1, 0.15) is 21.7 Å². The zero-order chi connectivity index (χ0) is 15.5. The maximum Gasteiger partial charge on any atom is 0.288 e. The van der Waals surface area contributed by atoms with Crippen LogP contribution in [-0.4, -0.2) is 28.4 Å².